The molecule has 1 N–H and O–H groups in total. The van der Waals surface area contributed by atoms with Gasteiger partial charge in [-0.25, -0.2) is 9.48 Å². The first-order chi connectivity index (χ1) is 15.1. The van der Waals surface area contributed by atoms with Crippen molar-refractivity contribution in [3.05, 3.63) is 71.0 Å². The molecule has 1 atom stereocenters. The Kier molecular flexibility index (Phi) is 6.32. The minimum Gasteiger partial charge on any atom is -0.493 e. The van der Waals surface area contributed by atoms with E-state index in [-0.39, 0.29) is 12.1 Å². The van der Waals surface area contributed by atoms with Gasteiger partial charge in [-0.2, -0.15) is 5.10 Å². The number of nitrogens with one attached hydrogen (secondary N) is 1. The number of urea groups is 1. The van der Waals surface area contributed by atoms with Gasteiger partial charge in [-0.05, 0) is 54.8 Å². The third-order valence-electron chi connectivity index (χ3n) is 5.48. The second-order valence-electron chi connectivity index (χ2n) is 7.39. The molecule has 2 amide bonds. The number of nitrogens with zero attached hydrogens (tertiary/aromatic N) is 3. The second kappa shape index (κ2) is 9.31. The van der Waals surface area contributed by atoms with E-state index in [1.54, 1.807) is 25.1 Å². The first-order valence-electron chi connectivity index (χ1n) is 10.1. The first-order valence-corrected chi connectivity index (χ1v) is 10.5. The van der Waals surface area contributed by atoms with Gasteiger partial charge in [0.2, 0.25) is 0 Å². The Balaban J connectivity index is 1.41. The van der Waals surface area contributed by atoms with Gasteiger partial charge in [0.05, 0.1) is 32.1 Å². The smallest absolute Gasteiger partial charge is 0.318 e. The van der Waals surface area contributed by atoms with Crippen LogP contribution in [0.2, 0.25) is 5.02 Å². The molecule has 1 aliphatic rings. The van der Waals surface area contributed by atoms with Gasteiger partial charge < -0.3 is 19.7 Å². The largest absolute Gasteiger partial charge is 0.493 e. The minimum atomic E-state index is -0.0865. The van der Waals surface area contributed by atoms with E-state index < -0.39 is 0 Å². The highest BCUT2D eigenvalue weighted by molar-refractivity contribution is 6.30. The Labute approximate surface area is 186 Å². The van der Waals surface area contributed by atoms with Gasteiger partial charge >= 0.3 is 6.03 Å². The number of benzene rings is 2. The van der Waals surface area contributed by atoms with Crippen molar-refractivity contribution in [1.82, 2.24) is 20.0 Å². The summed E-state index contributed by atoms with van der Waals surface area (Å²) >= 11 is 5.94. The lowest BCUT2D eigenvalue weighted by atomic mass is 10.0. The maximum atomic E-state index is 12.9. The molecule has 0 bridgehead atoms. The van der Waals surface area contributed by atoms with Crippen LogP contribution in [0.25, 0.3) is 5.69 Å². The van der Waals surface area contributed by atoms with Crippen LogP contribution in [0.5, 0.6) is 11.5 Å². The predicted molar refractivity (Wildman–Crippen MR) is 119 cm³/mol. The van der Waals surface area contributed by atoms with E-state index in [4.69, 9.17) is 21.1 Å². The number of methoxy groups -OCH3 is 2. The van der Waals surface area contributed by atoms with Crippen LogP contribution in [0.4, 0.5) is 4.79 Å². The van der Waals surface area contributed by atoms with Crippen molar-refractivity contribution in [3.8, 4) is 17.2 Å². The Morgan fingerprint density at radius 2 is 1.94 bits per heavy atom. The SMILES string of the molecule is COc1ccc(C2CCCN2C(=O)NCc2cnn(-c3ccc(Cl)cc3)c2)cc1OC. The summed E-state index contributed by atoms with van der Waals surface area (Å²) in [5.74, 6) is 1.35. The topological polar surface area (TPSA) is 68.6 Å². The molecule has 0 saturated carbocycles. The minimum absolute atomic E-state index is 0.0107. The highest BCUT2D eigenvalue weighted by Crippen LogP contribution is 2.36. The van der Waals surface area contributed by atoms with Gasteiger partial charge in [0.1, 0.15) is 0 Å². The molecule has 2 aromatic carbocycles. The van der Waals surface area contributed by atoms with Crippen LogP contribution >= 0.6 is 11.6 Å². The number of halogens is 1. The van der Waals surface area contributed by atoms with E-state index >= 15 is 0 Å². The molecule has 0 radical (unpaired) electrons. The summed E-state index contributed by atoms with van der Waals surface area (Å²) < 4.78 is 12.5. The number of rotatable bonds is 6. The van der Waals surface area contributed by atoms with E-state index in [0.29, 0.717) is 23.1 Å². The zero-order chi connectivity index (χ0) is 21.8. The molecule has 31 heavy (non-hydrogen) atoms. The molecule has 3 aromatic rings. The van der Waals surface area contributed by atoms with Crippen LogP contribution in [0.3, 0.4) is 0 Å². The fourth-order valence-electron chi connectivity index (χ4n) is 3.88. The molecule has 1 aliphatic heterocycles. The molecule has 0 aliphatic carbocycles. The Morgan fingerprint density at radius 1 is 1.16 bits per heavy atom. The lowest BCUT2D eigenvalue weighted by molar-refractivity contribution is 0.192. The molecule has 0 spiro atoms. The number of carbonyl (C=O) groups excluding carboxylic acids is 1. The van der Waals surface area contributed by atoms with Crippen LogP contribution in [-0.4, -0.2) is 41.5 Å². The lowest BCUT2D eigenvalue weighted by Crippen LogP contribution is -2.39. The Hall–Kier alpha value is -3.19. The molecular weight excluding hydrogens is 416 g/mol. The summed E-state index contributed by atoms with van der Waals surface area (Å²) in [6.45, 7) is 1.12. The average Bonchev–Trinajstić information content (AvgIpc) is 3.47. The van der Waals surface area contributed by atoms with Crippen LogP contribution in [-0.2, 0) is 6.54 Å². The van der Waals surface area contributed by atoms with Gasteiger partial charge in [0, 0.05) is 29.9 Å². The third-order valence-corrected chi connectivity index (χ3v) is 5.73. The van der Waals surface area contributed by atoms with Crippen LogP contribution in [0.1, 0.15) is 30.0 Å². The summed E-state index contributed by atoms with van der Waals surface area (Å²) in [7, 11) is 3.23. The van der Waals surface area contributed by atoms with Crippen molar-refractivity contribution in [2.45, 2.75) is 25.4 Å². The van der Waals surface area contributed by atoms with Gasteiger partial charge in [-0.15, -0.1) is 0 Å². The zero-order valence-corrected chi connectivity index (χ0v) is 18.3. The van der Waals surface area contributed by atoms with E-state index in [0.717, 1.165) is 36.2 Å². The van der Waals surface area contributed by atoms with E-state index in [2.05, 4.69) is 10.4 Å². The van der Waals surface area contributed by atoms with E-state index in [1.807, 2.05) is 53.6 Å². The third kappa shape index (κ3) is 4.61. The molecule has 7 nitrogen and oxygen atoms in total. The number of likely N-dealkylation sites (tertiary alicyclic amines) is 1. The summed E-state index contributed by atoms with van der Waals surface area (Å²) in [4.78, 5) is 14.8. The maximum absolute atomic E-state index is 12.9. The molecule has 1 saturated heterocycles. The van der Waals surface area contributed by atoms with Crippen LogP contribution in [0.15, 0.2) is 54.9 Å². The standard InChI is InChI=1S/C23H25ClN4O3/c1-30-21-10-5-17(12-22(21)31-2)20-4-3-11-27(20)23(29)25-13-16-14-26-28(15-16)19-8-6-18(24)7-9-19/h5-10,12,14-15,20H,3-4,11,13H2,1-2H3,(H,25,29). The lowest BCUT2D eigenvalue weighted by Gasteiger charge is -2.26. The summed E-state index contributed by atoms with van der Waals surface area (Å²) in [5, 5.41) is 8.07. The number of ether oxygens (including phenoxy) is 2. The molecular formula is C23H25ClN4O3. The van der Waals surface area contributed by atoms with Crippen molar-refractivity contribution in [3.63, 3.8) is 0 Å². The van der Waals surface area contributed by atoms with Gasteiger partial charge in [-0.1, -0.05) is 17.7 Å². The average molecular weight is 441 g/mol. The molecule has 1 fully saturated rings. The maximum Gasteiger partial charge on any atom is 0.318 e. The quantitative estimate of drug-likeness (QED) is 0.608. The normalized spacial score (nSPS) is 15.7. The molecule has 4 rings (SSSR count). The van der Waals surface area contributed by atoms with Crippen LogP contribution < -0.4 is 14.8 Å². The molecule has 2 heterocycles. The van der Waals surface area contributed by atoms with Crippen molar-refractivity contribution >= 4 is 17.6 Å². The highest BCUT2D eigenvalue weighted by atomic mass is 35.5. The van der Waals surface area contributed by atoms with Gasteiger partial charge in [-0.3, -0.25) is 0 Å². The summed E-state index contributed by atoms with van der Waals surface area (Å²) in [5.41, 5.74) is 2.88. The van der Waals surface area contributed by atoms with Crippen molar-refractivity contribution in [2.75, 3.05) is 20.8 Å². The van der Waals surface area contributed by atoms with Gasteiger partial charge in [0.25, 0.3) is 0 Å². The second-order valence-corrected chi connectivity index (χ2v) is 7.83. The fourth-order valence-corrected chi connectivity index (χ4v) is 4.01. The number of carbonyl (C=O) groups is 1. The van der Waals surface area contributed by atoms with E-state index in [1.165, 1.54) is 0 Å². The molecule has 1 aromatic heterocycles. The number of hydrogen-bond donors (Lipinski definition) is 1. The summed E-state index contributed by atoms with van der Waals surface area (Å²) in [6, 6.07) is 13.2. The monoisotopic (exact) mass is 440 g/mol. The van der Waals surface area contributed by atoms with Crippen molar-refractivity contribution < 1.29 is 14.3 Å². The highest BCUT2D eigenvalue weighted by Gasteiger charge is 2.30. The van der Waals surface area contributed by atoms with Crippen molar-refractivity contribution in [2.24, 2.45) is 0 Å². The first kappa shape index (κ1) is 21.1. The number of amides is 2. The number of aromatic nitrogens is 2. The predicted octanol–water partition coefficient (Wildman–Crippen LogP) is 4.59. The zero-order valence-electron chi connectivity index (χ0n) is 17.5. The molecule has 8 heteroatoms. The molecule has 1 unspecified atom stereocenters. The number of hydrogen-bond acceptors (Lipinski definition) is 4. The van der Waals surface area contributed by atoms with Crippen molar-refractivity contribution in [1.29, 1.82) is 0 Å². The molecule has 162 valence electrons. The van der Waals surface area contributed by atoms with Crippen LogP contribution in [0, 0.1) is 0 Å². The Morgan fingerprint density at radius 3 is 2.68 bits per heavy atom. The van der Waals surface area contributed by atoms with Gasteiger partial charge in [0.15, 0.2) is 11.5 Å². The summed E-state index contributed by atoms with van der Waals surface area (Å²) in [6.07, 6.45) is 5.53. The Bertz CT molecular complexity index is 1050. The fraction of sp³-hybridized carbons (Fsp3) is 0.304. The van der Waals surface area contributed by atoms with E-state index in [9.17, 15) is 4.79 Å².